The molecule has 2 aromatic rings. The number of nitrogens with zero attached hydrogens (tertiary/aromatic N) is 3. The second kappa shape index (κ2) is 9.59. The van der Waals surface area contributed by atoms with Crippen LogP contribution >= 0.6 is 11.6 Å². The Kier molecular flexibility index (Phi) is 6.67. The number of amides is 1. The van der Waals surface area contributed by atoms with Gasteiger partial charge < -0.3 is 14.5 Å². The van der Waals surface area contributed by atoms with Gasteiger partial charge in [-0.3, -0.25) is 9.78 Å². The summed E-state index contributed by atoms with van der Waals surface area (Å²) in [6.07, 6.45) is 7.49. The zero-order chi connectivity index (χ0) is 20.1. The van der Waals surface area contributed by atoms with E-state index >= 15 is 0 Å². The summed E-state index contributed by atoms with van der Waals surface area (Å²) in [6, 6.07) is 11.4. The first-order valence-corrected chi connectivity index (χ1v) is 10.9. The van der Waals surface area contributed by atoms with Crippen LogP contribution in [0.1, 0.15) is 48.2 Å². The van der Waals surface area contributed by atoms with Crippen LogP contribution < -0.4 is 4.90 Å². The average molecular weight is 414 g/mol. The van der Waals surface area contributed by atoms with Crippen LogP contribution in [0.2, 0.25) is 5.02 Å². The van der Waals surface area contributed by atoms with Crippen molar-refractivity contribution in [2.24, 2.45) is 0 Å². The van der Waals surface area contributed by atoms with Gasteiger partial charge in [0.25, 0.3) is 5.91 Å². The smallest absolute Gasteiger partial charge is 0.254 e. The Labute approximate surface area is 177 Å². The number of aromatic nitrogens is 1. The predicted molar refractivity (Wildman–Crippen MR) is 115 cm³/mol. The van der Waals surface area contributed by atoms with Gasteiger partial charge in [-0.25, -0.2) is 0 Å². The van der Waals surface area contributed by atoms with Gasteiger partial charge in [0.15, 0.2) is 0 Å². The second-order valence-corrected chi connectivity index (χ2v) is 8.26. The van der Waals surface area contributed by atoms with E-state index in [1.54, 1.807) is 6.20 Å². The lowest BCUT2D eigenvalue weighted by molar-refractivity contribution is 0.0504. The monoisotopic (exact) mass is 413 g/mol. The van der Waals surface area contributed by atoms with Crippen LogP contribution in [-0.2, 0) is 11.3 Å². The Morgan fingerprint density at radius 2 is 2.03 bits per heavy atom. The molecular weight excluding hydrogens is 386 g/mol. The minimum Gasteiger partial charge on any atom is -0.376 e. The lowest BCUT2D eigenvalue weighted by Crippen LogP contribution is -2.37. The van der Waals surface area contributed by atoms with Crippen molar-refractivity contribution in [1.29, 1.82) is 0 Å². The number of hydrogen-bond acceptors (Lipinski definition) is 4. The highest BCUT2D eigenvalue weighted by Gasteiger charge is 2.25. The van der Waals surface area contributed by atoms with Crippen LogP contribution in [-0.4, -0.2) is 48.1 Å². The quantitative estimate of drug-likeness (QED) is 0.697. The van der Waals surface area contributed by atoms with Crippen LogP contribution in [0.4, 0.5) is 5.69 Å². The molecule has 4 rings (SSSR count). The Morgan fingerprint density at radius 1 is 1.17 bits per heavy atom. The summed E-state index contributed by atoms with van der Waals surface area (Å²) in [5.74, 6) is 0.000999. The van der Waals surface area contributed by atoms with E-state index in [4.69, 9.17) is 16.3 Å². The molecule has 0 radical (unpaired) electrons. The van der Waals surface area contributed by atoms with E-state index in [9.17, 15) is 4.79 Å². The fourth-order valence-corrected chi connectivity index (χ4v) is 4.38. The number of piperidine rings is 1. The summed E-state index contributed by atoms with van der Waals surface area (Å²) in [5, 5.41) is 0.707. The molecule has 29 heavy (non-hydrogen) atoms. The van der Waals surface area contributed by atoms with Gasteiger partial charge in [-0.2, -0.15) is 0 Å². The molecule has 1 unspecified atom stereocenters. The fraction of sp³-hybridized carbons (Fsp3) is 0.478. The van der Waals surface area contributed by atoms with Gasteiger partial charge in [0.05, 0.1) is 29.1 Å². The standard InChI is InChI=1S/C23H28ClN3O2/c24-21-10-9-18(15-22(21)26-12-4-1-5-13-26)23(28)27(17-20-8-6-14-29-20)16-19-7-2-3-11-25-19/h2-3,7,9-11,15,20H,1,4-6,8,12-14,16-17H2. The largest absolute Gasteiger partial charge is 0.376 e. The number of ether oxygens (including phenoxy) is 1. The molecule has 0 aliphatic carbocycles. The van der Waals surface area contributed by atoms with Crippen molar-refractivity contribution in [1.82, 2.24) is 9.88 Å². The predicted octanol–water partition coefficient (Wildman–Crippen LogP) is 4.55. The zero-order valence-corrected chi connectivity index (χ0v) is 17.5. The highest BCUT2D eigenvalue weighted by molar-refractivity contribution is 6.33. The number of hydrogen-bond donors (Lipinski definition) is 0. The Balaban J connectivity index is 1.57. The van der Waals surface area contributed by atoms with E-state index in [0.717, 1.165) is 43.9 Å². The molecule has 3 heterocycles. The summed E-state index contributed by atoms with van der Waals surface area (Å²) in [4.78, 5) is 22.0. The van der Waals surface area contributed by atoms with Crippen LogP contribution in [0.15, 0.2) is 42.6 Å². The minimum atomic E-state index is 0.000999. The lowest BCUT2D eigenvalue weighted by Gasteiger charge is -2.30. The third kappa shape index (κ3) is 5.09. The van der Waals surface area contributed by atoms with Crippen molar-refractivity contribution in [2.75, 3.05) is 31.1 Å². The molecule has 0 saturated carbocycles. The highest BCUT2D eigenvalue weighted by atomic mass is 35.5. The zero-order valence-electron chi connectivity index (χ0n) is 16.7. The summed E-state index contributed by atoms with van der Waals surface area (Å²) in [7, 11) is 0. The molecule has 0 bridgehead atoms. The van der Waals surface area contributed by atoms with Gasteiger partial charge in [-0.05, 0) is 62.4 Å². The van der Waals surface area contributed by atoms with Crippen LogP contribution in [0.5, 0.6) is 0 Å². The molecule has 0 N–H and O–H groups in total. The molecule has 1 aromatic carbocycles. The van der Waals surface area contributed by atoms with E-state index < -0.39 is 0 Å². The molecule has 1 atom stereocenters. The third-order valence-electron chi connectivity index (χ3n) is 5.70. The second-order valence-electron chi connectivity index (χ2n) is 7.86. The Hall–Kier alpha value is -2.11. The van der Waals surface area contributed by atoms with Crippen LogP contribution in [0.3, 0.4) is 0 Å². The Morgan fingerprint density at radius 3 is 2.76 bits per heavy atom. The first-order chi connectivity index (χ1) is 14.2. The molecular formula is C23H28ClN3O2. The van der Waals surface area contributed by atoms with Crippen molar-refractivity contribution in [2.45, 2.75) is 44.8 Å². The van der Waals surface area contributed by atoms with E-state index in [2.05, 4.69) is 9.88 Å². The molecule has 154 valence electrons. The van der Waals surface area contributed by atoms with Crippen molar-refractivity contribution >= 4 is 23.2 Å². The van der Waals surface area contributed by atoms with E-state index in [1.807, 2.05) is 41.3 Å². The van der Waals surface area contributed by atoms with Crippen molar-refractivity contribution in [3.05, 3.63) is 58.9 Å². The summed E-state index contributed by atoms with van der Waals surface area (Å²) in [5.41, 5.74) is 2.51. The fourth-order valence-electron chi connectivity index (χ4n) is 4.15. The average Bonchev–Trinajstić information content (AvgIpc) is 3.28. The van der Waals surface area contributed by atoms with Crippen molar-refractivity contribution in [3.63, 3.8) is 0 Å². The lowest BCUT2D eigenvalue weighted by atomic mass is 10.1. The Bertz CT molecular complexity index is 818. The first-order valence-electron chi connectivity index (χ1n) is 10.6. The molecule has 0 spiro atoms. The molecule has 1 aromatic heterocycles. The van der Waals surface area contributed by atoms with Crippen molar-refractivity contribution < 1.29 is 9.53 Å². The third-order valence-corrected chi connectivity index (χ3v) is 6.02. The number of carbonyl (C=O) groups is 1. The number of benzene rings is 1. The molecule has 5 nitrogen and oxygen atoms in total. The maximum atomic E-state index is 13.5. The minimum absolute atomic E-state index is 0.000999. The van der Waals surface area contributed by atoms with Gasteiger partial charge in [-0.15, -0.1) is 0 Å². The van der Waals surface area contributed by atoms with Gasteiger partial charge in [0.1, 0.15) is 0 Å². The SMILES string of the molecule is O=C(c1ccc(Cl)c(N2CCCCC2)c1)N(Cc1ccccn1)CC1CCCO1. The number of halogens is 1. The maximum absolute atomic E-state index is 13.5. The van der Waals surface area contributed by atoms with E-state index in [0.29, 0.717) is 23.7 Å². The van der Waals surface area contributed by atoms with E-state index in [1.165, 1.54) is 19.3 Å². The number of rotatable bonds is 6. The summed E-state index contributed by atoms with van der Waals surface area (Å²) >= 11 is 6.48. The van der Waals surface area contributed by atoms with Gasteiger partial charge in [0, 0.05) is 38.0 Å². The van der Waals surface area contributed by atoms with E-state index in [-0.39, 0.29) is 12.0 Å². The van der Waals surface area contributed by atoms with Crippen LogP contribution in [0.25, 0.3) is 0 Å². The topological polar surface area (TPSA) is 45.7 Å². The highest BCUT2D eigenvalue weighted by Crippen LogP contribution is 2.30. The number of carbonyl (C=O) groups excluding carboxylic acids is 1. The molecule has 1 amide bonds. The number of pyridine rings is 1. The van der Waals surface area contributed by atoms with Gasteiger partial charge in [0.2, 0.25) is 0 Å². The maximum Gasteiger partial charge on any atom is 0.254 e. The first kappa shape index (κ1) is 20.2. The van der Waals surface area contributed by atoms with Gasteiger partial charge in [-0.1, -0.05) is 17.7 Å². The molecule has 2 fully saturated rings. The summed E-state index contributed by atoms with van der Waals surface area (Å²) in [6.45, 7) is 3.81. The van der Waals surface area contributed by atoms with Gasteiger partial charge >= 0.3 is 0 Å². The van der Waals surface area contributed by atoms with Crippen LogP contribution in [0, 0.1) is 0 Å². The normalized spacial score (nSPS) is 19.3. The van der Waals surface area contributed by atoms with Crippen molar-refractivity contribution in [3.8, 4) is 0 Å². The summed E-state index contributed by atoms with van der Waals surface area (Å²) < 4.78 is 5.80. The molecule has 6 heteroatoms. The molecule has 2 aliphatic rings. The molecule has 2 aliphatic heterocycles. The molecule has 2 saturated heterocycles. The number of anilines is 1.